The summed E-state index contributed by atoms with van der Waals surface area (Å²) in [6, 6.07) is 23.7. The molecule has 3 aromatic carbocycles. The van der Waals surface area contributed by atoms with Crippen LogP contribution >= 0.6 is 11.3 Å². The molecule has 4 nitrogen and oxygen atoms in total. The van der Waals surface area contributed by atoms with Crippen molar-refractivity contribution in [3.8, 4) is 16.3 Å². The summed E-state index contributed by atoms with van der Waals surface area (Å²) in [5.41, 5.74) is 4.07. The van der Waals surface area contributed by atoms with Gasteiger partial charge in [-0.2, -0.15) is 0 Å². The van der Waals surface area contributed by atoms with E-state index in [0.29, 0.717) is 6.42 Å². The minimum absolute atomic E-state index is 0.0546. The second-order valence-corrected chi connectivity index (χ2v) is 8.31. The monoisotopic (exact) mass is 416 g/mol. The topological polar surface area (TPSA) is 51.2 Å². The number of fused-ring (bicyclic) bond motifs is 1. The zero-order valence-corrected chi connectivity index (χ0v) is 17.9. The Morgan fingerprint density at radius 1 is 1.07 bits per heavy atom. The van der Waals surface area contributed by atoms with E-state index in [4.69, 9.17) is 9.72 Å². The SMILES string of the molecule is CC[C@@H](CC(=O)Nc1ccc(-c2nc3ccc(C)cc3s2)cc1)Oc1ccccc1. The van der Waals surface area contributed by atoms with Gasteiger partial charge in [0.1, 0.15) is 16.9 Å². The van der Waals surface area contributed by atoms with Crippen molar-refractivity contribution < 1.29 is 9.53 Å². The number of aryl methyl sites for hydroxylation is 1. The maximum atomic E-state index is 12.5. The van der Waals surface area contributed by atoms with Crippen molar-refractivity contribution in [2.75, 3.05) is 5.32 Å². The smallest absolute Gasteiger partial charge is 0.228 e. The number of carbonyl (C=O) groups excluding carboxylic acids is 1. The molecule has 4 rings (SSSR count). The van der Waals surface area contributed by atoms with E-state index in [1.165, 1.54) is 10.3 Å². The number of nitrogens with one attached hydrogen (secondary N) is 1. The van der Waals surface area contributed by atoms with Crippen molar-refractivity contribution >= 4 is 33.1 Å². The molecule has 152 valence electrons. The Bertz CT molecular complexity index is 1140. The summed E-state index contributed by atoms with van der Waals surface area (Å²) < 4.78 is 7.10. The molecule has 0 saturated carbocycles. The summed E-state index contributed by atoms with van der Waals surface area (Å²) in [5.74, 6) is 0.730. The summed E-state index contributed by atoms with van der Waals surface area (Å²) in [7, 11) is 0. The van der Waals surface area contributed by atoms with Crippen LogP contribution in [0.5, 0.6) is 5.75 Å². The first-order valence-corrected chi connectivity index (χ1v) is 10.9. The number of amides is 1. The van der Waals surface area contributed by atoms with Gasteiger partial charge in [-0.25, -0.2) is 4.98 Å². The van der Waals surface area contributed by atoms with Gasteiger partial charge in [0, 0.05) is 11.3 Å². The van der Waals surface area contributed by atoms with Crippen LogP contribution in [0, 0.1) is 6.92 Å². The normalized spacial score (nSPS) is 11.9. The highest BCUT2D eigenvalue weighted by atomic mass is 32.1. The number of para-hydroxylation sites is 1. The lowest BCUT2D eigenvalue weighted by molar-refractivity contribution is -0.117. The zero-order chi connectivity index (χ0) is 20.9. The molecule has 1 aromatic heterocycles. The number of rotatable bonds is 7. The molecule has 0 saturated heterocycles. The Balaban J connectivity index is 1.39. The van der Waals surface area contributed by atoms with E-state index in [9.17, 15) is 4.79 Å². The standard InChI is InChI=1S/C25H24N2O2S/c1-3-20(29-21-7-5-4-6-8-21)16-24(28)26-19-12-10-18(11-13-19)25-27-22-14-9-17(2)15-23(22)30-25/h4-15,20H,3,16H2,1-2H3,(H,26,28)/t20-/m0/s1. The molecule has 0 aliphatic carbocycles. The Morgan fingerprint density at radius 3 is 2.57 bits per heavy atom. The lowest BCUT2D eigenvalue weighted by Gasteiger charge is -2.17. The number of nitrogens with zero attached hydrogens (tertiary/aromatic N) is 1. The van der Waals surface area contributed by atoms with Crippen LogP contribution in [-0.2, 0) is 4.79 Å². The molecule has 0 bridgehead atoms. The molecule has 4 aromatic rings. The number of hydrogen-bond acceptors (Lipinski definition) is 4. The third-order valence-electron chi connectivity index (χ3n) is 4.87. The van der Waals surface area contributed by atoms with E-state index in [1.54, 1.807) is 11.3 Å². The average molecular weight is 417 g/mol. The fraction of sp³-hybridized carbons (Fsp3) is 0.200. The van der Waals surface area contributed by atoms with Gasteiger partial charge in [0.2, 0.25) is 5.91 Å². The Hall–Kier alpha value is -3.18. The summed E-state index contributed by atoms with van der Waals surface area (Å²) in [4.78, 5) is 17.2. The number of benzene rings is 3. The van der Waals surface area contributed by atoms with Gasteiger partial charge in [-0.05, 0) is 67.4 Å². The van der Waals surface area contributed by atoms with Crippen molar-refractivity contribution in [1.82, 2.24) is 4.98 Å². The quantitative estimate of drug-likeness (QED) is 0.376. The maximum absolute atomic E-state index is 12.5. The van der Waals surface area contributed by atoms with Gasteiger partial charge < -0.3 is 10.1 Å². The third-order valence-corrected chi connectivity index (χ3v) is 5.94. The van der Waals surface area contributed by atoms with Crippen molar-refractivity contribution in [2.45, 2.75) is 32.8 Å². The largest absolute Gasteiger partial charge is 0.490 e. The van der Waals surface area contributed by atoms with E-state index in [0.717, 1.165) is 33.9 Å². The molecule has 0 radical (unpaired) electrons. The van der Waals surface area contributed by atoms with Gasteiger partial charge in [0.25, 0.3) is 0 Å². The molecule has 1 atom stereocenters. The van der Waals surface area contributed by atoms with Crippen LogP contribution in [0.1, 0.15) is 25.3 Å². The van der Waals surface area contributed by atoms with E-state index in [1.807, 2.05) is 61.5 Å². The molecule has 1 heterocycles. The second-order valence-electron chi connectivity index (χ2n) is 7.28. The third kappa shape index (κ3) is 4.86. The van der Waals surface area contributed by atoms with Crippen molar-refractivity contribution in [1.29, 1.82) is 0 Å². The first-order chi connectivity index (χ1) is 14.6. The Kier molecular flexibility index (Phi) is 6.10. The lowest BCUT2D eigenvalue weighted by atomic mass is 10.1. The lowest BCUT2D eigenvalue weighted by Crippen LogP contribution is -2.24. The van der Waals surface area contributed by atoms with Gasteiger partial charge in [0.05, 0.1) is 16.6 Å². The summed E-state index contributed by atoms with van der Waals surface area (Å²) >= 11 is 1.68. The molecular formula is C25H24N2O2S. The van der Waals surface area contributed by atoms with Crippen molar-refractivity contribution in [2.24, 2.45) is 0 Å². The molecule has 5 heteroatoms. The second kappa shape index (κ2) is 9.09. The van der Waals surface area contributed by atoms with Gasteiger partial charge in [-0.3, -0.25) is 4.79 Å². The summed E-state index contributed by atoms with van der Waals surface area (Å²) in [6.07, 6.45) is 0.917. The van der Waals surface area contributed by atoms with Crippen LogP contribution in [-0.4, -0.2) is 17.0 Å². The molecule has 0 aliphatic heterocycles. The van der Waals surface area contributed by atoms with Gasteiger partial charge in [-0.15, -0.1) is 11.3 Å². The van der Waals surface area contributed by atoms with Crippen molar-refractivity contribution in [3.05, 3.63) is 78.4 Å². The molecule has 30 heavy (non-hydrogen) atoms. The fourth-order valence-corrected chi connectivity index (χ4v) is 4.30. The van der Waals surface area contributed by atoms with Crippen LogP contribution in [0.4, 0.5) is 5.69 Å². The minimum atomic E-state index is -0.155. The van der Waals surface area contributed by atoms with E-state index >= 15 is 0 Å². The van der Waals surface area contributed by atoms with Crippen LogP contribution in [0.3, 0.4) is 0 Å². The molecule has 0 spiro atoms. The van der Waals surface area contributed by atoms with Crippen LogP contribution < -0.4 is 10.1 Å². The van der Waals surface area contributed by atoms with E-state index < -0.39 is 0 Å². The van der Waals surface area contributed by atoms with Gasteiger partial charge in [0.15, 0.2) is 0 Å². The van der Waals surface area contributed by atoms with Crippen LogP contribution in [0.2, 0.25) is 0 Å². The molecule has 1 amide bonds. The molecular weight excluding hydrogens is 392 g/mol. The number of carbonyl (C=O) groups is 1. The van der Waals surface area contributed by atoms with Gasteiger partial charge in [-0.1, -0.05) is 31.2 Å². The highest BCUT2D eigenvalue weighted by Gasteiger charge is 2.14. The number of hydrogen-bond donors (Lipinski definition) is 1. The highest BCUT2D eigenvalue weighted by Crippen LogP contribution is 2.31. The molecule has 0 unspecified atom stereocenters. The van der Waals surface area contributed by atoms with Crippen LogP contribution in [0.15, 0.2) is 72.8 Å². The predicted molar refractivity (Wildman–Crippen MR) is 124 cm³/mol. The number of aromatic nitrogens is 1. The highest BCUT2D eigenvalue weighted by molar-refractivity contribution is 7.21. The number of anilines is 1. The van der Waals surface area contributed by atoms with E-state index in [-0.39, 0.29) is 12.0 Å². The number of thiazole rings is 1. The first kappa shape index (κ1) is 20.1. The Morgan fingerprint density at radius 2 is 1.83 bits per heavy atom. The van der Waals surface area contributed by atoms with E-state index in [2.05, 4.69) is 30.4 Å². The van der Waals surface area contributed by atoms with Gasteiger partial charge >= 0.3 is 0 Å². The Labute approximate surface area is 180 Å². The van der Waals surface area contributed by atoms with Crippen LogP contribution in [0.25, 0.3) is 20.8 Å². The fourth-order valence-electron chi connectivity index (χ4n) is 3.23. The predicted octanol–water partition coefficient (Wildman–Crippen LogP) is 6.46. The number of ether oxygens (including phenoxy) is 1. The minimum Gasteiger partial charge on any atom is -0.490 e. The first-order valence-electron chi connectivity index (χ1n) is 10.1. The molecule has 0 fully saturated rings. The molecule has 0 aliphatic rings. The summed E-state index contributed by atoms with van der Waals surface area (Å²) in [6.45, 7) is 4.11. The van der Waals surface area contributed by atoms with Crippen molar-refractivity contribution in [3.63, 3.8) is 0 Å². The maximum Gasteiger partial charge on any atom is 0.228 e. The molecule has 1 N–H and O–H groups in total. The average Bonchev–Trinajstić information content (AvgIpc) is 3.17. The zero-order valence-electron chi connectivity index (χ0n) is 17.1. The summed E-state index contributed by atoms with van der Waals surface area (Å²) in [5, 5.41) is 3.95.